The molecule has 3 heterocycles. The van der Waals surface area contributed by atoms with Crippen LogP contribution in [0.5, 0.6) is 0 Å². The van der Waals surface area contributed by atoms with Crippen molar-refractivity contribution in [2.75, 3.05) is 0 Å². The summed E-state index contributed by atoms with van der Waals surface area (Å²) in [5, 5.41) is 3.44. The lowest BCUT2D eigenvalue weighted by molar-refractivity contribution is 1.07. The van der Waals surface area contributed by atoms with E-state index in [2.05, 4.69) is 0 Å². The van der Waals surface area contributed by atoms with Crippen molar-refractivity contribution in [3.05, 3.63) is 170 Å². The highest BCUT2D eigenvalue weighted by atomic mass is 32.1. The topological polar surface area (TPSA) is 43.6 Å². The standard InChI is InChI=1S/C45H28N4S/c1-2-15-29(16-3-1)30-17-4-5-21-35(30)43-46-44(48-45(47-43)37-24-14-23-34-33-20-9-13-28-41(33)50-42(34)37)36-22-8-12-27-40(36)49-38-25-10-6-18-31(38)32-19-7-11-26-39(32)49/h1-28H/i1D,2D,3D,4D,5D,8D,12D,15D,16D,17D,21D,22D,27D. The number of hydrogen-bond donors (Lipinski definition) is 0. The average Bonchev–Trinajstić information content (AvgIpc) is 3.85. The van der Waals surface area contributed by atoms with Gasteiger partial charge < -0.3 is 4.57 Å². The molecule has 0 atom stereocenters. The molecule has 0 radical (unpaired) electrons. The van der Waals surface area contributed by atoms with E-state index in [0.717, 1.165) is 30.9 Å². The molecule has 234 valence electrons. The summed E-state index contributed by atoms with van der Waals surface area (Å²) in [5.41, 5.74) is 0.193. The van der Waals surface area contributed by atoms with Gasteiger partial charge in [-0.3, -0.25) is 0 Å². The van der Waals surface area contributed by atoms with E-state index in [0.29, 0.717) is 16.6 Å². The number of fused-ring (bicyclic) bond motifs is 6. The second-order valence-corrected chi connectivity index (χ2v) is 12.5. The molecule has 0 saturated carbocycles. The Morgan fingerprint density at radius 2 is 0.980 bits per heavy atom. The molecule has 0 fully saturated rings. The first kappa shape index (κ1) is 18.4. The highest BCUT2D eigenvalue weighted by Crippen LogP contribution is 2.41. The zero-order valence-electron chi connectivity index (χ0n) is 38.9. The number of rotatable bonds is 5. The fourth-order valence-electron chi connectivity index (χ4n) is 6.48. The number of thiophene rings is 1. The van der Waals surface area contributed by atoms with E-state index in [1.54, 1.807) is 10.6 Å². The molecule has 0 amide bonds. The number of benzene rings is 7. The lowest BCUT2D eigenvalue weighted by Crippen LogP contribution is -2.04. The second-order valence-electron chi connectivity index (χ2n) is 11.4. The third-order valence-corrected chi connectivity index (χ3v) is 9.86. The van der Waals surface area contributed by atoms with E-state index in [1.165, 1.54) is 11.3 Å². The molecule has 7 aromatic carbocycles. The first-order valence-corrected chi connectivity index (χ1v) is 16.5. The number of aromatic nitrogens is 4. The Labute approximate surface area is 310 Å². The Morgan fingerprint density at radius 3 is 1.72 bits per heavy atom. The van der Waals surface area contributed by atoms with E-state index in [-0.39, 0.29) is 22.9 Å². The maximum absolute atomic E-state index is 9.49. The van der Waals surface area contributed by atoms with Crippen LogP contribution in [0.15, 0.2) is 170 Å². The Hall–Kier alpha value is -6.43. The number of para-hydroxylation sites is 3. The van der Waals surface area contributed by atoms with Gasteiger partial charge in [-0.1, -0.05) is 133 Å². The molecule has 10 rings (SSSR count). The fourth-order valence-corrected chi connectivity index (χ4v) is 7.70. The molecule has 0 aliphatic heterocycles. The smallest absolute Gasteiger partial charge is 0.166 e. The van der Waals surface area contributed by atoms with Crippen molar-refractivity contribution in [1.82, 2.24) is 19.5 Å². The maximum Gasteiger partial charge on any atom is 0.166 e. The Bertz CT molecular complexity index is 3560. The molecule has 0 spiro atoms. The predicted octanol–water partition coefficient (Wildman–Crippen LogP) is 12.0. The van der Waals surface area contributed by atoms with E-state index in [4.69, 9.17) is 28.7 Å². The number of nitrogens with zero attached hydrogens (tertiary/aromatic N) is 4. The van der Waals surface area contributed by atoms with Crippen LogP contribution in [0.1, 0.15) is 17.8 Å². The predicted molar refractivity (Wildman–Crippen MR) is 209 cm³/mol. The van der Waals surface area contributed by atoms with Crippen LogP contribution in [0.4, 0.5) is 0 Å². The average molecular weight is 670 g/mol. The van der Waals surface area contributed by atoms with Gasteiger partial charge in [0.2, 0.25) is 0 Å². The van der Waals surface area contributed by atoms with E-state index < -0.39 is 101 Å². The van der Waals surface area contributed by atoms with Gasteiger partial charge in [0, 0.05) is 47.6 Å². The van der Waals surface area contributed by atoms with Crippen LogP contribution in [0.2, 0.25) is 0 Å². The van der Waals surface area contributed by atoms with Gasteiger partial charge in [-0.25, -0.2) is 15.0 Å². The highest BCUT2D eigenvalue weighted by molar-refractivity contribution is 7.26. The molecular weight excluding hydrogens is 629 g/mol. The van der Waals surface area contributed by atoms with Gasteiger partial charge >= 0.3 is 0 Å². The first-order chi connectivity index (χ1) is 30.2. The van der Waals surface area contributed by atoms with Crippen LogP contribution < -0.4 is 0 Å². The number of hydrogen-bond acceptors (Lipinski definition) is 4. The summed E-state index contributed by atoms with van der Waals surface area (Å²) >= 11 is 1.46. The van der Waals surface area contributed by atoms with Crippen LogP contribution in [0, 0.1) is 0 Å². The van der Waals surface area contributed by atoms with Gasteiger partial charge in [0.25, 0.3) is 0 Å². The Morgan fingerprint density at radius 1 is 0.440 bits per heavy atom. The molecule has 0 bridgehead atoms. The SMILES string of the molecule is [2H]c1c([2H])c([2H])c(-c2c([2H])c([2H])c([2H])c([2H])c2-c2nc(-c3c([2H])c([2H])c([2H])c([2H])c3-n3c4ccccc4c4ccccc43)nc(-c3cccc4c3sc3ccccc34)n2)c([2H])c1[2H]. The van der Waals surface area contributed by atoms with E-state index >= 15 is 0 Å². The summed E-state index contributed by atoms with van der Waals surface area (Å²) in [6.45, 7) is 0. The third kappa shape index (κ3) is 4.55. The third-order valence-electron chi connectivity index (χ3n) is 8.64. The largest absolute Gasteiger partial charge is 0.309 e. The molecule has 0 unspecified atom stereocenters. The molecule has 10 aromatic rings. The first-order valence-electron chi connectivity index (χ1n) is 22.1. The molecule has 0 aliphatic rings. The fraction of sp³-hybridized carbons (Fsp3) is 0. The summed E-state index contributed by atoms with van der Waals surface area (Å²) in [6, 6.07) is 19.7. The monoisotopic (exact) mass is 669 g/mol. The Kier molecular flexibility index (Phi) is 4.27. The van der Waals surface area contributed by atoms with Gasteiger partial charge in [0.1, 0.15) is 0 Å². The molecule has 5 heteroatoms. The summed E-state index contributed by atoms with van der Waals surface area (Å²) in [6.07, 6.45) is 0. The quantitative estimate of drug-likeness (QED) is 0.183. The molecule has 0 saturated heterocycles. The molecule has 50 heavy (non-hydrogen) atoms. The van der Waals surface area contributed by atoms with Gasteiger partial charge in [0.05, 0.1) is 34.5 Å². The van der Waals surface area contributed by atoms with Crippen molar-refractivity contribution < 1.29 is 17.8 Å². The normalized spacial score (nSPS) is 15.2. The minimum Gasteiger partial charge on any atom is -0.309 e. The van der Waals surface area contributed by atoms with Crippen LogP contribution in [-0.4, -0.2) is 19.5 Å². The van der Waals surface area contributed by atoms with Crippen LogP contribution in [0.25, 0.3) is 93.0 Å². The maximum atomic E-state index is 9.49. The van der Waals surface area contributed by atoms with Gasteiger partial charge in [0.15, 0.2) is 17.5 Å². The zero-order chi connectivity index (χ0) is 44.3. The molecule has 3 aromatic heterocycles. The summed E-state index contributed by atoms with van der Waals surface area (Å²) in [5.74, 6) is -0.703. The van der Waals surface area contributed by atoms with Crippen molar-refractivity contribution >= 4 is 53.3 Å². The van der Waals surface area contributed by atoms with E-state index in [9.17, 15) is 4.11 Å². The van der Waals surface area contributed by atoms with Crippen molar-refractivity contribution in [1.29, 1.82) is 0 Å². The van der Waals surface area contributed by atoms with Gasteiger partial charge in [-0.05, 0) is 47.5 Å². The van der Waals surface area contributed by atoms with Crippen molar-refractivity contribution in [2.45, 2.75) is 0 Å². The summed E-state index contributed by atoms with van der Waals surface area (Å²) in [7, 11) is 0. The Balaban J connectivity index is 1.39. The molecule has 0 N–H and O–H groups in total. The van der Waals surface area contributed by atoms with Crippen molar-refractivity contribution in [3.63, 3.8) is 0 Å². The highest BCUT2D eigenvalue weighted by Gasteiger charge is 2.21. The van der Waals surface area contributed by atoms with Crippen LogP contribution in [0.3, 0.4) is 0 Å². The molecule has 4 nitrogen and oxygen atoms in total. The van der Waals surface area contributed by atoms with Crippen molar-refractivity contribution in [2.24, 2.45) is 0 Å². The van der Waals surface area contributed by atoms with Crippen molar-refractivity contribution in [3.8, 4) is 51.0 Å². The minimum atomic E-state index is -0.735. The zero-order valence-corrected chi connectivity index (χ0v) is 26.7. The second kappa shape index (κ2) is 11.6. The summed E-state index contributed by atoms with van der Waals surface area (Å²) in [4.78, 5) is 14.7. The lowest BCUT2D eigenvalue weighted by Gasteiger charge is -2.15. The van der Waals surface area contributed by atoms with E-state index in [1.807, 2.05) is 84.9 Å². The summed E-state index contributed by atoms with van der Waals surface area (Å²) < 4.78 is 119. The van der Waals surface area contributed by atoms with Crippen LogP contribution >= 0.6 is 11.3 Å². The van der Waals surface area contributed by atoms with Gasteiger partial charge in [-0.15, -0.1) is 11.3 Å². The lowest BCUT2D eigenvalue weighted by atomic mass is 9.99. The molecular formula is C45H28N4S. The molecule has 0 aliphatic carbocycles. The minimum absolute atomic E-state index is 0.00220. The van der Waals surface area contributed by atoms with Crippen LogP contribution in [-0.2, 0) is 0 Å². The van der Waals surface area contributed by atoms with Gasteiger partial charge in [-0.2, -0.15) is 0 Å².